The van der Waals surface area contributed by atoms with Crippen LogP contribution in [0, 0.1) is 12.7 Å². The van der Waals surface area contributed by atoms with E-state index in [1.54, 1.807) is 25.3 Å². The maximum Gasteiger partial charge on any atom is 0.266 e. The summed E-state index contributed by atoms with van der Waals surface area (Å²) in [5.41, 5.74) is 1.01. The molecule has 0 unspecified atom stereocenters. The summed E-state index contributed by atoms with van der Waals surface area (Å²) in [6.07, 6.45) is 1.67. The number of amides is 1. The van der Waals surface area contributed by atoms with Crippen molar-refractivity contribution in [2.45, 2.75) is 13.5 Å². The summed E-state index contributed by atoms with van der Waals surface area (Å²) in [4.78, 5) is 17.2. The Kier molecular flexibility index (Phi) is 4.91. The smallest absolute Gasteiger partial charge is 0.266 e. The monoisotopic (exact) mass is 429 g/mol. The largest absolute Gasteiger partial charge is 0.417 e. The zero-order valence-electron chi connectivity index (χ0n) is 16.9. The molecule has 1 amide bonds. The Hall–Kier alpha value is -4.40. The van der Waals surface area contributed by atoms with Crippen LogP contribution < -0.4 is 5.32 Å². The number of nitrogens with one attached hydrogen (secondary N) is 1. The van der Waals surface area contributed by atoms with Gasteiger partial charge in [-0.05, 0) is 30.5 Å². The molecule has 0 bridgehead atoms. The summed E-state index contributed by atoms with van der Waals surface area (Å²) >= 11 is 0. The summed E-state index contributed by atoms with van der Waals surface area (Å²) in [6.45, 7) is 1.56. The van der Waals surface area contributed by atoms with Crippen molar-refractivity contribution in [3.05, 3.63) is 83.8 Å². The molecular formula is C23H16FN5O3. The van der Waals surface area contributed by atoms with Gasteiger partial charge in [-0.25, -0.2) is 4.39 Å². The third kappa shape index (κ3) is 3.49. The lowest BCUT2D eigenvalue weighted by atomic mass is 10.1. The van der Waals surface area contributed by atoms with E-state index in [0.717, 1.165) is 10.8 Å². The number of rotatable bonds is 5. The predicted octanol–water partition coefficient (Wildman–Crippen LogP) is 4.32. The van der Waals surface area contributed by atoms with Gasteiger partial charge in [-0.2, -0.15) is 0 Å². The number of halogens is 1. The van der Waals surface area contributed by atoms with Gasteiger partial charge in [-0.15, -0.1) is 10.2 Å². The third-order valence-electron chi connectivity index (χ3n) is 4.96. The predicted molar refractivity (Wildman–Crippen MR) is 113 cm³/mol. The van der Waals surface area contributed by atoms with Crippen molar-refractivity contribution in [2.24, 2.45) is 0 Å². The average molecular weight is 429 g/mol. The number of aromatic nitrogens is 4. The first-order valence-corrected chi connectivity index (χ1v) is 9.77. The first kappa shape index (κ1) is 19.6. The number of carbonyl (C=O) groups excluding carboxylic acids is 1. The summed E-state index contributed by atoms with van der Waals surface area (Å²) in [7, 11) is 0. The zero-order valence-corrected chi connectivity index (χ0v) is 16.9. The van der Waals surface area contributed by atoms with E-state index in [0.29, 0.717) is 5.69 Å². The van der Waals surface area contributed by atoms with E-state index in [4.69, 9.17) is 8.94 Å². The first-order valence-electron chi connectivity index (χ1n) is 9.77. The molecule has 0 atom stereocenters. The number of aryl methyl sites for hydroxylation is 1. The molecule has 0 radical (unpaired) electrons. The second kappa shape index (κ2) is 8.03. The summed E-state index contributed by atoms with van der Waals surface area (Å²) < 4.78 is 25.1. The Labute approximate surface area is 181 Å². The van der Waals surface area contributed by atoms with E-state index < -0.39 is 11.7 Å². The molecule has 0 aliphatic carbocycles. The van der Waals surface area contributed by atoms with Gasteiger partial charge in [0.15, 0.2) is 0 Å². The van der Waals surface area contributed by atoms with Crippen molar-refractivity contribution in [1.82, 2.24) is 25.7 Å². The minimum atomic E-state index is -0.501. The number of carbonyl (C=O) groups is 1. The van der Waals surface area contributed by atoms with E-state index in [-0.39, 0.29) is 40.9 Å². The minimum absolute atomic E-state index is 0.0298. The molecule has 5 rings (SSSR count). The van der Waals surface area contributed by atoms with E-state index in [9.17, 15) is 9.18 Å². The fourth-order valence-corrected chi connectivity index (χ4v) is 3.43. The molecule has 0 aliphatic rings. The van der Waals surface area contributed by atoms with Gasteiger partial charge in [-0.3, -0.25) is 9.78 Å². The van der Waals surface area contributed by atoms with Gasteiger partial charge in [-0.1, -0.05) is 41.6 Å². The number of hydrogen-bond acceptors (Lipinski definition) is 7. The summed E-state index contributed by atoms with van der Waals surface area (Å²) in [6, 6.07) is 15.7. The van der Waals surface area contributed by atoms with Crippen LogP contribution in [0.1, 0.15) is 22.0 Å². The molecule has 8 nitrogen and oxygen atoms in total. The van der Waals surface area contributed by atoms with Gasteiger partial charge < -0.3 is 14.3 Å². The van der Waals surface area contributed by atoms with Crippen molar-refractivity contribution in [1.29, 1.82) is 0 Å². The number of nitrogens with zero attached hydrogens (tertiary/aromatic N) is 4. The Morgan fingerprint density at radius 2 is 1.84 bits per heavy atom. The fraction of sp³-hybridized carbons (Fsp3) is 0.0870. The van der Waals surface area contributed by atoms with E-state index >= 15 is 0 Å². The fourth-order valence-electron chi connectivity index (χ4n) is 3.43. The molecule has 3 heterocycles. The zero-order chi connectivity index (χ0) is 22.1. The number of benzene rings is 2. The van der Waals surface area contributed by atoms with Gasteiger partial charge in [0.2, 0.25) is 5.89 Å². The highest BCUT2D eigenvalue weighted by Gasteiger charge is 2.24. The van der Waals surface area contributed by atoms with Crippen molar-refractivity contribution >= 4 is 16.7 Å². The van der Waals surface area contributed by atoms with Gasteiger partial charge >= 0.3 is 0 Å². The maximum absolute atomic E-state index is 14.2. The third-order valence-corrected chi connectivity index (χ3v) is 4.96. The molecule has 0 aliphatic heterocycles. The Morgan fingerprint density at radius 1 is 1.03 bits per heavy atom. The van der Waals surface area contributed by atoms with Gasteiger partial charge in [0.1, 0.15) is 28.5 Å². The minimum Gasteiger partial charge on any atom is -0.417 e. The molecule has 0 fully saturated rings. The van der Waals surface area contributed by atoms with Crippen LogP contribution >= 0.6 is 0 Å². The van der Waals surface area contributed by atoms with Gasteiger partial charge in [0.05, 0.1) is 6.54 Å². The van der Waals surface area contributed by atoms with Crippen LogP contribution in [0.15, 0.2) is 69.7 Å². The quantitative estimate of drug-likeness (QED) is 0.443. The van der Waals surface area contributed by atoms with E-state index in [1.807, 2.05) is 30.3 Å². The maximum atomic E-state index is 14.2. The number of hydrogen-bond donors (Lipinski definition) is 1. The van der Waals surface area contributed by atoms with Gasteiger partial charge in [0, 0.05) is 17.1 Å². The van der Waals surface area contributed by atoms with Crippen LogP contribution in [-0.4, -0.2) is 26.2 Å². The summed E-state index contributed by atoms with van der Waals surface area (Å²) in [5.74, 6) is -0.278. The molecule has 0 saturated carbocycles. The Bertz CT molecular complexity index is 1440. The molecule has 32 heavy (non-hydrogen) atoms. The molecule has 2 aromatic carbocycles. The van der Waals surface area contributed by atoms with E-state index in [2.05, 4.69) is 25.7 Å². The molecule has 0 saturated heterocycles. The Balaban J connectivity index is 1.37. The van der Waals surface area contributed by atoms with Crippen molar-refractivity contribution < 1.29 is 18.1 Å². The SMILES string of the molecule is Cc1onc(-c2ccccc2F)c1C(=O)NCc1nnc(-c2nccc3ccccc23)o1. The normalized spacial score (nSPS) is 11.1. The molecule has 0 spiro atoms. The standard InChI is InChI=1S/C23H16FN5O3/c1-13-19(20(29-32-13)16-8-4-5-9-17(16)24)22(30)26-12-18-27-28-23(31-18)21-15-7-3-2-6-14(15)10-11-25-21/h2-11H,12H2,1H3,(H,26,30). The van der Waals surface area contributed by atoms with Crippen LogP contribution in [-0.2, 0) is 6.54 Å². The van der Waals surface area contributed by atoms with Crippen LogP contribution in [0.25, 0.3) is 33.6 Å². The van der Waals surface area contributed by atoms with Crippen molar-refractivity contribution in [2.75, 3.05) is 0 Å². The second-order valence-electron chi connectivity index (χ2n) is 7.01. The highest BCUT2D eigenvalue weighted by atomic mass is 19.1. The molecule has 9 heteroatoms. The molecule has 5 aromatic rings. The molecule has 1 N–H and O–H groups in total. The highest BCUT2D eigenvalue weighted by Crippen LogP contribution is 2.28. The van der Waals surface area contributed by atoms with Gasteiger partial charge in [0.25, 0.3) is 11.8 Å². The van der Waals surface area contributed by atoms with E-state index in [1.165, 1.54) is 12.1 Å². The first-order chi connectivity index (χ1) is 15.6. The molecular weight excluding hydrogens is 413 g/mol. The highest BCUT2D eigenvalue weighted by molar-refractivity contribution is 6.00. The lowest BCUT2D eigenvalue weighted by Gasteiger charge is -2.04. The van der Waals surface area contributed by atoms with Crippen LogP contribution in [0.3, 0.4) is 0 Å². The molecule has 3 aromatic heterocycles. The van der Waals surface area contributed by atoms with Crippen molar-refractivity contribution in [3.63, 3.8) is 0 Å². The van der Waals surface area contributed by atoms with Crippen molar-refractivity contribution in [3.8, 4) is 22.8 Å². The molecule has 158 valence electrons. The number of pyridine rings is 1. The summed E-state index contributed by atoms with van der Waals surface area (Å²) in [5, 5.41) is 16.5. The van der Waals surface area contributed by atoms with Crippen LogP contribution in [0.2, 0.25) is 0 Å². The van der Waals surface area contributed by atoms with Crippen LogP contribution in [0.5, 0.6) is 0 Å². The second-order valence-corrected chi connectivity index (χ2v) is 7.01. The Morgan fingerprint density at radius 3 is 2.72 bits per heavy atom. The number of fused-ring (bicyclic) bond motifs is 1. The topological polar surface area (TPSA) is 107 Å². The average Bonchev–Trinajstić information content (AvgIpc) is 3.44. The lowest BCUT2D eigenvalue weighted by Crippen LogP contribution is -2.24. The lowest BCUT2D eigenvalue weighted by molar-refractivity contribution is 0.0946. The van der Waals surface area contributed by atoms with Crippen LogP contribution in [0.4, 0.5) is 4.39 Å².